The van der Waals surface area contributed by atoms with Crippen molar-refractivity contribution in [2.75, 3.05) is 0 Å². The van der Waals surface area contributed by atoms with Gasteiger partial charge in [0.05, 0.1) is 5.02 Å². The number of carbonyl (C=O) groups excluding carboxylic acids is 1. The van der Waals surface area contributed by atoms with Gasteiger partial charge in [0.2, 0.25) is 0 Å². The summed E-state index contributed by atoms with van der Waals surface area (Å²) in [6.45, 7) is 3.06. The normalized spacial score (nSPS) is 11.6. The quantitative estimate of drug-likeness (QED) is 0.791. The standard InChI is InChI=1S/C11H10ClNO2/c1-7(14)8(2)15-11-5-3-4-10(12)9(11)6-13/h3-5,8H,1-2H3. The highest BCUT2D eigenvalue weighted by Gasteiger charge is 2.13. The van der Waals surface area contributed by atoms with E-state index in [1.54, 1.807) is 25.1 Å². The first kappa shape index (κ1) is 11.5. The molecule has 1 rings (SSSR count). The Morgan fingerprint density at radius 1 is 1.60 bits per heavy atom. The molecule has 0 amide bonds. The van der Waals surface area contributed by atoms with Crippen molar-refractivity contribution in [3.05, 3.63) is 28.8 Å². The highest BCUT2D eigenvalue weighted by atomic mass is 35.5. The summed E-state index contributed by atoms with van der Waals surface area (Å²) in [6.07, 6.45) is -0.574. The van der Waals surface area contributed by atoms with Crippen LogP contribution in [0.2, 0.25) is 5.02 Å². The topological polar surface area (TPSA) is 50.1 Å². The lowest BCUT2D eigenvalue weighted by Gasteiger charge is -2.12. The first-order valence-electron chi connectivity index (χ1n) is 4.42. The zero-order valence-corrected chi connectivity index (χ0v) is 9.21. The van der Waals surface area contributed by atoms with Crippen LogP contribution in [0.1, 0.15) is 19.4 Å². The molecule has 0 heterocycles. The van der Waals surface area contributed by atoms with E-state index in [9.17, 15) is 4.79 Å². The van der Waals surface area contributed by atoms with Crippen LogP contribution in [0.5, 0.6) is 5.75 Å². The molecule has 0 aliphatic rings. The molecule has 1 atom stereocenters. The molecule has 1 unspecified atom stereocenters. The minimum atomic E-state index is -0.574. The lowest BCUT2D eigenvalue weighted by atomic mass is 10.2. The third-order valence-electron chi connectivity index (χ3n) is 1.96. The Labute approximate surface area is 93.2 Å². The van der Waals surface area contributed by atoms with Crippen molar-refractivity contribution in [2.24, 2.45) is 0 Å². The van der Waals surface area contributed by atoms with Crippen molar-refractivity contribution in [3.63, 3.8) is 0 Å². The van der Waals surface area contributed by atoms with E-state index in [0.29, 0.717) is 10.8 Å². The first-order chi connectivity index (χ1) is 7.06. The maximum atomic E-state index is 11.0. The zero-order valence-electron chi connectivity index (χ0n) is 8.45. The molecular weight excluding hydrogens is 214 g/mol. The predicted molar refractivity (Wildman–Crippen MR) is 56.9 cm³/mol. The summed E-state index contributed by atoms with van der Waals surface area (Å²) in [5.74, 6) is 0.242. The molecule has 0 saturated heterocycles. The lowest BCUT2D eigenvalue weighted by molar-refractivity contribution is -0.122. The smallest absolute Gasteiger partial charge is 0.169 e. The van der Waals surface area contributed by atoms with Gasteiger partial charge >= 0.3 is 0 Å². The fraction of sp³-hybridized carbons (Fsp3) is 0.273. The van der Waals surface area contributed by atoms with Gasteiger partial charge in [-0.2, -0.15) is 5.26 Å². The summed E-state index contributed by atoms with van der Waals surface area (Å²) in [5.41, 5.74) is 0.257. The molecule has 1 aromatic rings. The van der Waals surface area contributed by atoms with E-state index < -0.39 is 6.10 Å². The molecular formula is C11H10ClNO2. The minimum absolute atomic E-state index is 0.0983. The molecule has 0 bridgehead atoms. The van der Waals surface area contributed by atoms with E-state index in [2.05, 4.69) is 0 Å². The largest absolute Gasteiger partial charge is 0.482 e. The lowest BCUT2D eigenvalue weighted by Crippen LogP contribution is -2.21. The van der Waals surface area contributed by atoms with Crippen molar-refractivity contribution in [2.45, 2.75) is 20.0 Å². The zero-order chi connectivity index (χ0) is 11.4. The molecule has 0 spiro atoms. The number of Topliss-reactive ketones (excluding diaryl/α,β-unsaturated/α-hetero) is 1. The van der Waals surface area contributed by atoms with Gasteiger partial charge in [-0.25, -0.2) is 0 Å². The van der Waals surface area contributed by atoms with Crippen LogP contribution in [0, 0.1) is 11.3 Å². The first-order valence-corrected chi connectivity index (χ1v) is 4.79. The predicted octanol–water partition coefficient (Wildman–Crippen LogP) is 2.57. The van der Waals surface area contributed by atoms with Crippen LogP contribution in [0.4, 0.5) is 0 Å². The summed E-state index contributed by atoms with van der Waals surface area (Å²) in [6, 6.07) is 6.83. The number of carbonyl (C=O) groups is 1. The number of nitrogens with zero attached hydrogens (tertiary/aromatic N) is 1. The van der Waals surface area contributed by atoms with Crippen LogP contribution in [0.15, 0.2) is 18.2 Å². The summed E-state index contributed by atoms with van der Waals surface area (Å²) in [7, 11) is 0. The van der Waals surface area contributed by atoms with Gasteiger partial charge in [0, 0.05) is 0 Å². The highest BCUT2D eigenvalue weighted by molar-refractivity contribution is 6.31. The van der Waals surface area contributed by atoms with E-state index in [-0.39, 0.29) is 11.3 Å². The second kappa shape index (κ2) is 4.81. The Balaban J connectivity index is 3.01. The second-order valence-electron chi connectivity index (χ2n) is 3.10. The highest BCUT2D eigenvalue weighted by Crippen LogP contribution is 2.26. The number of benzene rings is 1. The van der Waals surface area contributed by atoms with E-state index in [1.807, 2.05) is 6.07 Å². The maximum Gasteiger partial charge on any atom is 0.169 e. The monoisotopic (exact) mass is 223 g/mol. The van der Waals surface area contributed by atoms with Gasteiger partial charge in [0.1, 0.15) is 17.4 Å². The van der Waals surface area contributed by atoms with Crippen molar-refractivity contribution in [1.82, 2.24) is 0 Å². The number of halogens is 1. The Kier molecular flexibility index (Phi) is 3.70. The van der Waals surface area contributed by atoms with Gasteiger partial charge in [-0.1, -0.05) is 17.7 Å². The molecule has 0 aromatic heterocycles. The van der Waals surface area contributed by atoms with Gasteiger partial charge in [-0.3, -0.25) is 4.79 Å². The van der Waals surface area contributed by atoms with E-state index in [0.717, 1.165) is 0 Å². The van der Waals surface area contributed by atoms with Gasteiger partial charge in [0.25, 0.3) is 0 Å². The molecule has 4 heteroatoms. The number of ketones is 1. The summed E-state index contributed by atoms with van der Waals surface area (Å²) < 4.78 is 5.32. The maximum absolute atomic E-state index is 11.0. The van der Waals surface area contributed by atoms with Crippen LogP contribution in [0.25, 0.3) is 0 Å². The average molecular weight is 224 g/mol. The third kappa shape index (κ3) is 2.71. The molecule has 78 valence electrons. The van der Waals surface area contributed by atoms with Crippen LogP contribution < -0.4 is 4.74 Å². The van der Waals surface area contributed by atoms with E-state index in [1.165, 1.54) is 6.92 Å². The summed E-state index contributed by atoms with van der Waals surface area (Å²) >= 11 is 5.81. The number of hydrogen-bond acceptors (Lipinski definition) is 3. The van der Waals surface area contributed by atoms with E-state index in [4.69, 9.17) is 21.6 Å². The Hall–Kier alpha value is -1.53. The molecule has 0 radical (unpaired) electrons. The molecule has 0 aliphatic carbocycles. The average Bonchev–Trinajstić information content (AvgIpc) is 2.18. The third-order valence-corrected chi connectivity index (χ3v) is 2.28. The molecule has 0 saturated carbocycles. The second-order valence-corrected chi connectivity index (χ2v) is 3.50. The summed E-state index contributed by atoms with van der Waals surface area (Å²) in [4.78, 5) is 11.0. The van der Waals surface area contributed by atoms with E-state index >= 15 is 0 Å². The van der Waals surface area contributed by atoms with Gasteiger partial charge in [0.15, 0.2) is 11.9 Å². The van der Waals surface area contributed by atoms with Crippen LogP contribution in [0.3, 0.4) is 0 Å². The van der Waals surface area contributed by atoms with Crippen molar-refractivity contribution >= 4 is 17.4 Å². The Morgan fingerprint density at radius 3 is 2.80 bits per heavy atom. The molecule has 0 N–H and O–H groups in total. The fourth-order valence-corrected chi connectivity index (χ4v) is 1.19. The van der Waals surface area contributed by atoms with Crippen LogP contribution in [-0.4, -0.2) is 11.9 Å². The van der Waals surface area contributed by atoms with Gasteiger partial charge < -0.3 is 4.74 Å². The molecule has 3 nitrogen and oxygen atoms in total. The molecule has 0 aliphatic heterocycles. The van der Waals surface area contributed by atoms with Crippen molar-refractivity contribution in [3.8, 4) is 11.8 Å². The van der Waals surface area contributed by atoms with Crippen LogP contribution in [-0.2, 0) is 4.79 Å². The minimum Gasteiger partial charge on any atom is -0.482 e. The Morgan fingerprint density at radius 2 is 2.27 bits per heavy atom. The molecule has 15 heavy (non-hydrogen) atoms. The van der Waals surface area contributed by atoms with Crippen molar-refractivity contribution in [1.29, 1.82) is 5.26 Å². The number of hydrogen-bond donors (Lipinski definition) is 0. The number of ether oxygens (including phenoxy) is 1. The molecule has 1 aromatic carbocycles. The SMILES string of the molecule is CC(=O)C(C)Oc1cccc(Cl)c1C#N. The Bertz CT molecular complexity index is 423. The fourth-order valence-electron chi connectivity index (χ4n) is 0.984. The number of nitriles is 1. The van der Waals surface area contributed by atoms with Crippen LogP contribution >= 0.6 is 11.6 Å². The van der Waals surface area contributed by atoms with Crippen molar-refractivity contribution < 1.29 is 9.53 Å². The van der Waals surface area contributed by atoms with Gasteiger partial charge in [-0.15, -0.1) is 0 Å². The molecule has 0 fully saturated rings. The number of rotatable bonds is 3. The van der Waals surface area contributed by atoms with Gasteiger partial charge in [-0.05, 0) is 26.0 Å². The summed E-state index contributed by atoms with van der Waals surface area (Å²) in [5, 5.41) is 9.18.